The average Bonchev–Trinajstić information content (AvgIpc) is 2.32. The summed E-state index contributed by atoms with van der Waals surface area (Å²) in [6.07, 6.45) is 1.35. The number of halogens is 1. The van der Waals surface area contributed by atoms with Crippen molar-refractivity contribution in [2.75, 3.05) is 14.2 Å². The minimum Gasteiger partial charge on any atom is -0.493 e. The topological polar surface area (TPSA) is 44.8 Å². The Bertz CT molecular complexity index is 441. The maximum absolute atomic E-state index is 11.2. The molecular formula is C13H15ClO4. The summed E-state index contributed by atoms with van der Waals surface area (Å²) in [6, 6.07) is 5.21. The molecule has 1 aliphatic rings. The fourth-order valence-corrected chi connectivity index (χ4v) is 2.11. The van der Waals surface area contributed by atoms with Gasteiger partial charge in [0.1, 0.15) is 6.10 Å². The highest BCUT2D eigenvalue weighted by molar-refractivity contribution is 6.30. The maximum atomic E-state index is 11.2. The molecule has 0 N–H and O–H groups in total. The summed E-state index contributed by atoms with van der Waals surface area (Å²) in [5, 5.41) is 0.592. The zero-order valence-electron chi connectivity index (χ0n) is 10.3. The molecular weight excluding hydrogens is 256 g/mol. The minimum atomic E-state index is -0.173. The van der Waals surface area contributed by atoms with Crippen molar-refractivity contribution in [1.82, 2.24) is 0 Å². The standard InChI is InChI=1S/C13H15ClO4/c1-16-11-4-3-9(14)7-12(11)18-10-5-8(6-10)13(15)17-2/h3-4,7-8,10H,5-6H2,1-2H3. The average molecular weight is 271 g/mol. The first kappa shape index (κ1) is 13.0. The summed E-state index contributed by atoms with van der Waals surface area (Å²) in [4.78, 5) is 11.2. The Hall–Kier alpha value is -1.42. The van der Waals surface area contributed by atoms with Gasteiger partial charge in [-0.3, -0.25) is 4.79 Å². The van der Waals surface area contributed by atoms with Crippen molar-refractivity contribution < 1.29 is 19.0 Å². The third-order valence-electron chi connectivity index (χ3n) is 3.05. The Kier molecular flexibility index (Phi) is 3.97. The number of esters is 1. The normalized spacial score (nSPS) is 21.9. The molecule has 1 saturated carbocycles. The van der Waals surface area contributed by atoms with E-state index in [0.29, 0.717) is 29.4 Å². The number of methoxy groups -OCH3 is 2. The van der Waals surface area contributed by atoms with E-state index in [-0.39, 0.29) is 18.0 Å². The zero-order valence-corrected chi connectivity index (χ0v) is 11.1. The van der Waals surface area contributed by atoms with Crippen LogP contribution in [0, 0.1) is 5.92 Å². The Morgan fingerprint density at radius 3 is 2.61 bits per heavy atom. The summed E-state index contributed by atoms with van der Waals surface area (Å²) in [6.45, 7) is 0. The Balaban J connectivity index is 1.95. The van der Waals surface area contributed by atoms with E-state index in [4.69, 9.17) is 21.1 Å². The van der Waals surface area contributed by atoms with E-state index in [0.717, 1.165) is 0 Å². The van der Waals surface area contributed by atoms with E-state index < -0.39 is 0 Å². The van der Waals surface area contributed by atoms with Gasteiger partial charge in [0, 0.05) is 11.1 Å². The van der Waals surface area contributed by atoms with Crippen molar-refractivity contribution in [3.05, 3.63) is 23.2 Å². The Labute approximate surface area is 111 Å². The minimum absolute atomic E-state index is 0.0152. The molecule has 1 aliphatic carbocycles. The van der Waals surface area contributed by atoms with Crippen LogP contribution in [0.3, 0.4) is 0 Å². The molecule has 18 heavy (non-hydrogen) atoms. The summed E-state index contributed by atoms with van der Waals surface area (Å²) in [7, 11) is 2.98. The van der Waals surface area contributed by atoms with Gasteiger partial charge in [0.25, 0.3) is 0 Å². The third-order valence-corrected chi connectivity index (χ3v) is 3.28. The highest BCUT2D eigenvalue weighted by Crippen LogP contribution is 2.37. The number of carbonyl (C=O) groups is 1. The van der Waals surface area contributed by atoms with Crippen molar-refractivity contribution in [1.29, 1.82) is 0 Å². The van der Waals surface area contributed by atoms with E-state index in [2.05, 4.69) is 4.74 Å². The number of rotatable bonds is 4. The summed E-state index contributed by atoms with van der Waals surface area (Å²) < 4.78 is 15.6. The van der Waals surface area contributed by atoms with E-state index in [1.165, 1.54) is 7.11 Å². The van der Waals surface area contributed by atoms with Crippen molar-refractivity contribution in [2.45, 2.75) is 18.9 Å². The van der Waals surface area contributed by atoms with Gasteiger partial charge < -0.3 is 14.2 Å². The van der Waals surface area contributed by atoms with Gasteiger partial charge in [-0.1, -0.05) is 11.6 Å². The molecule has 5 heteroatoms. The second kappa shape index (κ2) is 5.48. The maximum Gasteiger partial charge on any atom is 0.308 e. The second-order valence-electron chi connectivity index (χ2n) is 4.23. The molecule has 2 rings (SSSR count). The van der Waals surface area contributed by atoms with Crippen LogP contribution in [0.5, 0.6) is 11.5 Å². The molecule has 0 atom stereocenters. The molecule has 0 aromatic heterocycles. The molecule has 0 unspecified atom stereocenters. The molecule has 1 fully saturated rings. The summed E-state index contributed by atoms with van der Waals surface area (Å²) in [5.41, 5.74) is 0. The first-order chi connectivity index (χ1) is 8.63. The van der Waals surface area contributed by atoms with Crippen molar-refractivity contribution in [3.8, 4) is 11.5 Å². The van der Waals surface area contributed by atoms with Crippen LogP contribution >= 0.6 is 11.6 Å². The van der Waals surface area contributed by atoms with Gasteiger partial charge in [-0.05, 0) is 25.0 Å². The number of carbonyl (C=O) groups excluding carboxylic acids is 1. The first-order valence-corrected chi connectivity index (χ1v) is 6.10. The molecule has 1 aromatic carbocycles. The van der Waals surface area contributed by atoms with Crippen LogP contribution in [0.15, 0.2) is 18.2 Å². The second-order valence-corrected chi connectivity index (χ2v) is 4.66. The lowest BCUT2D eigenvalue weighted by Gasteiger charge is -2.33. The quantitative estimate of drug-likeness (QED) is 0.789. The van der Waals surface area contributed by atoms with Gasteiger partial charge in [0.05, 0.1) is 20.1 Å². The predicted octanol–water partition coefficient (Wildman–Crippen LogP) is 2.68. The molecule has 0 aliphatic heterocycles. The molecule has 0 amide bonds. The van der Waals surface area contributed by atoms with Crippen LogP contribution in [0.4, 0.5) is 0 Å². The van der Waals surface area contributed by atoms with Crippen molar-refractivity contribution in [3.63, 3.8) is 0 Å². The van der Waals surface area contributed by atoms with Crippen LogP contribution in [-0.2, 0) is 9.53 Å². The fourth-order valence-electron chi connectivity index (χ4n) is 1.94. The van der Waals surface area contributed by atoms with Gasteiger partial charge in [-0.25, -0.2) is 0 Å². The lowest BCUT2D eigenvalue weighted by Crippen LogP contribution is -2.38. The fraction of sp³-hybridized carbons (Fsp3) is 0.462. The van der Waals surface area contributed by atoms with Crippen molar-refractivity contribution >= 4 is 17.6 Å². The van der Waals surface area contributed by atoms with E-state index in [9.17, 15) is 4.79 Å². The molecule has 0 saturated heterocycles. The molecule has 1 aromatic rings. The Morgan fingerprint density at radius 2 is 2.00 bits per heavy atom. The third kappa shape index (κ3) is 2.70. The lowest BCUT2D eigenvalue weighted by atomic mass is 9.82. The van der Waals surface area contributed by atoms with Crippen LogP contribution in [0.1, 0.15) is 12.8 Å². The van der Waals surface area contributed by atoms with Gasteiger partial charge >= 0.3 is 5.97 Å². The van der Waals surface area contributed by atoms with Crippen LogP contribution in [0.2, 0.25) is 5.02 Å². The predicted molar refractivity (Wildman–Crippen MR) is 67.2 cm³/mol. The molecule has 0 spiro atoms. The molecule has 0 radical (unpaired) electrons. The summed E-state index contributed by atoms with van der Waals surface area (Å²) >= 11 is 5.91. The summed E-state index contributed by atoms with van der Waals surface area (Å²) in [5.74, 6) is 1.03. The van der Waals surface area contributed by atoms with Crippen LogP contribution in [-0.4, -0.2) is 26.3 Å². The number of benzene rings is 1. The molecule has 98 valence electrons. The number of ether oxygens (including phenoxy) is 3. The highest BCUT2D eigenvalue weighted by Gasteiger charge is 2.37. The van der Waals surface area contributed by atoms with E-state index in [1.807, 2.05) is 0 Å². The van der Waals surface area contributed by atoms with Gasteiger partial charge in [0.15, 0.2) is 11.5 Å². The van der Waals surface area contributed by atoms with Gasteiger partial charge in [0.2, 0.25) is 0 Å². The first-order valence-electron chi connectivity index (χ1n) is 5.72. The van der Waals surface area contributed by atoms with Gasteiger partial charge in [-0.15, -0.1) is 0 Å². The van der Waals surface area contributed by atoms with Crippen LogP contribution in [0.25, 0.3) is 0 Å². The van der Waals surface area contributed by atoms with E-state index in [1.54, 1.807) is 25.3 Å². The number of hydrogen-bond acceptors (Lipinski definition) is 4. The lowest BCUT2D eigenvalue weighted by molar-refractivity contribution is -0.151. The van der Waals surface area contributed by atoms with E-state index >= 15 is 0 Å². The highest BCUT2D eigenvalue weighted by atomic mass is 35.5. The molecule has 0 heterocycles. The number of hydrogen-bond donors (Lipinski definition) is 0. The largest absolute Gasteiger partial charge is 0.493 e. The monoisotopic (exact) mass is 270 g/mol. The SMILES string of the molecule is COC(=O)C1CC(Oc2cc(Cl)ccc2OC)C1. The molecule has 4 nitrogen and oxygen atoms in total. The van der Waals surface area contributed by atoms with Gasteiger partial charge in [-0.2, -0.15) is 0 Å². The molecule has 0 bridgehead atoms. The Morgan fingerprint density at radius 1 is 1.28 bits per heavy atom. The van der Waals surface area contributed by atoms with Crippen LogP contribution < -0.4 is 9.47 Å². The van der Waals surface area contributed by atoms with Crippen molar-refractivity contribution in [2.24, 2.45) is 5.92 Å². The smallest absolute Gasteiger partial charge is 0.308 e. The zero-order chi connectivity index (χ0) is 13.1.